The van der Waals surface area contributed by atoms with Crippen molar-refractivity contribution < 1.29 is 28.7 Å². The number of amidine groups is 1. The fraction of sp³-hybridized carbons (Fsp3) is 0.778. The maximum atomic E-state index is 11.0. The van der Waals surface area contributed by atoms with Gasteiger partial charge in [0.25, 0.3) is 0 Å². The molecule has 0 radical (unpaired) electrons. The Hall–Kier alpha value is -1.08. The average Bonchev–Trinajstić information content (AvgIpc) is 3.30. The van der Waals surface area contributed by atoms with E-state index in [1.165, 1.54) is 6.33 Å². The second-order valence-corrected chi connectivity index (χ2v) is 9.49. The summed E-state index contributed by atoms with van der Waals surface area (Å²) in [6, 6.07) is 0. The van der Waals surface area contributed by atoms with Crippen molar-refractivity contribution in [3.05, 3.63) is 12.0 Å². The average molecular weight is 495 g/mol. The van der Waals surface area contributed by atoms with Crippen molar-refractivity contribution in [1.82, 2.24) is 19.6 Å². The largest absolute Gasteiger partial charge is 0.469 e. The molecule has 1 fully saturated rings. The van der Waals surface area contributed by atoms with E-state index in [0.717, 1.165) is 38.8 Å². The molecule has 3 rings (SSSR count). The molecule has 1 aromatic rings. The molecule has 182 valence electrons. The Balaban J connectivity index is 1.78. The summed E-state index contributed by atoms with van der Waals surface area (Å²) in [5, 5.41) is 14.4. The summed E-state index contributed by atoms with van der Waals surface area (Å²) in [6.45, 7) is 5.39. The number of ether oxygens (including phenoxy) is 1. The highest BCUT2D eigenvalue weighted by Gasteiger charge is 2.40. The lowest BCUT2D eigenvalue weighted by Crippen LogP contribution is -2.51. The van der Waals surface area contributed by atoms with E-state index in [-0.39, 0.29) is 11.7 Å². The molecule has 2 unspecified atom stereocenters. The number of unbranched alkanes of at least 4 members (excludes halogenated alkanes) is 2. The van der Waals surface area contributed by atoms with E-state index in [1.807, 2.05) is 0 Å². The number of hydrazine groups is 1. The lowest BCUT2D eigenvalue weighted by atomic mass is 10.2. The minimum atomic E-state index is -4.67. The van der Waals surface area contributed by atoms with Crippen LogP contribution in [0.15, 0.2) is 11.3 Å². The number of imidazole rings is 1. The zero-order valence-electron chi connectivity index (χ0n) is 18.2. The van der Waals surface area contributed by atoms with Gasteiger partial charge in [-0.05, 0) is 24.4 Å². The summed E-state index contributed by atoms with van der Waals surface area (Å²) in [5.74, 6) is 0.429. The highest BCUT2D eigenvalue weighted by Crippen LogP contribution is 2.41. The lowest BCUT2D eigenvalue weighted by molar-refractivity contribution is -0.0432. The first kappa shape index (κ1) is 25.5. The molecule has 32 heavy (non-hydrogen) atoms. The van der Waals surface area contributed by atoms with Gasteiger partial charge in [-0.15, -0.1) is 0 Å². The molecule has 14 heteroatoms. The van der Waals surface area contributed by atoms with Gasteiger partial charge in [-0.2, -0.15) is 4.99 Å². The molecular weight excluding hydrogens is 463 g/mol. The smallest absolute Gasteiger partial charge is 0.390 e. The van der Waals surface area contributed by atoms with E-state index in [2.05, 4.69) is 33.4 Å². The van der Waals surface area contributed by atoms with Gasteiger partial charge in [0.05, 0.1) is 19.0 Å². The zero-order valence-corrected chi connectivity index (χ0v) is 19.9. The van der Waals surface area contributed by atoms with Gasteiger partial charge in [-0.1, -0.05) is 26.7 Å². The maximum Gasteiger partial charge on any atom is 0.469 e. The third kappa shape index (κ3) is 5.88. The van der Waals surface area contributed by atoms with Gasteiger partial charge in [0, 0.05) is 19.5 Å². The molecule has 1 saturated heterocycles. The molecule has 2 aliphatic heterocycles. The fourth-order valence-electron chi connectivity index (χ4n) is 3.78. The molecule has 0 saturated carbocycles. The number of aromatic nitrogens is 2. The van der Waals surface area contributed by atoms with Crippen molar-refractivity contribution in [3.8, 4) is 0 Å². The van der Waals surface area contributed by atoms with E-state index in [0.29, 0.717) is 11.5 Å². The normalized spacial score (nSPS) is 26.0. The molecule has 0 amide bonds. The van der Waals surface area contributed by atoms with E-state index < -0.39 is 39.0 Å². The van der Waals surface area contributed by atoms with Crippen LogP contribution in [0, 0.1) is 0 Å². The number of fused-ring (bicyclic) bond motifs is 1. The first-order chi connectivity index (χ1) is 15.2. The van der Waals surface area contributed by atoms with Crippen LogP contribution in [0.25, 0.3) is 0 Å². The van der Waals surface area contributed by atoms with Crippen LogP contribution in [0.5, 0.6) is 0 Å². The summed E-state index contributed by atoms with van der Waals surface area (Å²) < 4.78 is 22.8. The summed E-state index contributed by atoms with van der Waals surface area (Å²) in [5.41, 5.74) is 7.06. The summed E-state index contributed by atoms with van der Waals surface area (Å²) in [7, 11) is -4.67. The second-order valence-electron chi connectivity index (χ2n) is 7.91. The van der Waals surface area contributed by atoms with Gasteiger partial charge in [0.15, 0.2) is 5.82 Å². The highest BCUT2D eigenvalue weighted by molar-refractivity contribution is 7.46. The van der Waals surface area contributed by atoms with Crippen LogP contribution >= 0.6 is 19.4 Å². The molecule has 2 aliphatic rings. The number of hydrogen-bond donors (Lipinski definition) is 4. The number of hydrogen-bond acceptors (Lipinski definition) is 9. The Labute approximate surface area is 192 Å². The van der Waals surface area contributed by atoms with Gasteiger partial charge in [-0.25, -0.2) is 14.6 Å². The zero-order chi connectivity index (χ0) is 23.5. The number of phosphoric ester groups is 1. The van der Waals surface area contributed by atoms with E-state index in [9.17, 15) is 9.67 Å². The Morgan fingerprint density at radius 1 is 1.34 bits per heavy atom. The first-order valence-electron chi connectivity index (χ1n) is 10.8. The molecule has 0 aromatic carbocycles. The van der Waals surface area contributed by atoms with E-state index >= 15 is 0 Å². The Bertz CT molecular complexity index is 842. The van der Waals surface area contributed by atoms with Crippen molar-refractivity contribution in [2.45, 2.75) is 70.6 Å². The standard InChI is InChI=1S/C18H32ClN6O6P/c1-3-5-7-23(8-6-4-2)25-16(20)15-17(22-18(25)19)24(11-21-15)14-9-12(26)13(31-14)10-30-32(27,28)29/h11-14,16,26H,3-10,20H2,1-2H3,(H2,27,28,29)/t12?,13-,14-,16?/m1/s1. The van der Waals surface area contributed by atoms with Crippen LogP contribution in [-0.4, -0.2) is 71.7 Å². The quantitative estimate of drug-likeness (QED) is 0.264. The highest BCUT2D eigenvalue weighted by atomic mass is 35.5. The molecule has 0 spiro atoms. The summed E-state index contributed by atoms with van der Waals surface area (Å²) in [4.78, 5) is 26.7. The van der Waals surface area contributed by atoms with Crippen molar-refractivity contribution in [1.29, 1.82) is 0 Å². The molecular formula is C18H32ClN6O6P. The number of aliphatic hydroxyl groups excluding tert-OH is 1. The molecule has 3 heterocycles. The van der Waals surface area contributed by atoms with Gasteiger partial charge in [0.2, 0.25) is 5.29 Å². The number of halogens is 1. The number of nitrogens with two attached hydrogens (primary N) is 1. The number of aliphatic imine (C=N–C) groups is 1. The molecule has 12 nitrogen and oxygen atoms in total. The fourth-order valence-corrected chi connectivity index (χ4v) is 4.41. The van der Waals surface area contributed by atoms with Crippen LogP contribution in [0.3, 0.4) is 0 Å². The predicted octanol–water partition coefficient (Wildman–Crippen LogP) is 1.96. The van der Waals surface area contributed by atoms with Gasteiger partial charge in [0.1, 0.15) is 24.2 Å². The van der Waals surface area contributed by atoms with Crippen LogP contribution in [0.4, 0.5) is 5.82 Å². The van der Waals surface area contributed by atoms with Crippen LogP contribution in [-0.2, 0) is 13.8 Å². The van der Waals surface area contributed by atoms with Crippen molar-refractivity contribution in [2.75, 3.05) is 19.7 Å². The van der Waals surface area contributed by atoms with Gasteiger partial charge < -0.3 is 25.4 Å². The molecule has 4 atom stereocenters. The Morgan fingerprint density at radius 2 is 2.00 bits per heavy atom. The number of phosphoric acid groups is 1. The topological polar surface area (TPSA) is 159 Å². The third-order valence-electron chi connectivity index (χ3n) is 5.49. The minimum absolute atomic E-state index is 0.170. The van der Waals surface area contributed by atoms with Crippen molar-refractivity contribution in [3.63, 3.8) is 0 Å². The lowest BCUT2D eigenvalue weighted by Gasteiger charge is -2.40. The van der Waals surface area contributed by atoms with Crippen molar-refractivity contribution >= 4 is 30.5 Å². The Morgan fingerprint density at radius 3 is 2.59 bits per heavy atom. The molecule has 0 aliphatic carbocycles. The van der Waals surface area contributed by atoms with Gasteiger partial charge in [-0.3, -0.25) is 14.1 Å². The number of aliphatic hydroxyl groups is 1. The first-order valence-corrected chi connectivity index (χ1v) is 12.7. The third-order valence-corrected chi connectivity index (χ3v) is 6.23. The monoisotopic (exact) mass is 494 g/mol. The predicted molar refractivity (Wildman–Crippen MR) is 118 cm³/mol. The van der Waals surface area contributed by atoms with Crippen LogP contribution < -0.4 is 5.73 Å². The molecule has 1 aromatic heterocycles. The maximum absolute atomic E-state index is 11.0. The van der Waals surface area contributed by atoms with Crippen molar-refractivity contribution in [2.24, 2.45) is 10.7 Å². The van der Waals surface area contributed by atoms with Crippen LogP contribution in [0.2, 0.25) is 0 Å². The van der Waals surface area contributed by atoms with Crippen LogP contribution in [0.1, 0.15) is 64.0 Å². The molecule has 5 N–H and O–H groups in total. The second kappa shape index (κ2) is 10.9. The van der Waals surface area contributed by atoms with E-state index in [1.54, 1.807) is 9.58 Å². The SMILES string of the molecule is CCCCN(CCCC)N1C(Cl)=Nc2c(ncn2[C@H]2CC(O)[C@@H](COP(=O)(O)O)O2)C1N. The molecule has 0 bridgehead atoms. The summed E-state index contributed by atoms with van der Waals surface area (Å²) in [6.07, 6.45) is 2.57. The number of nitrogens with zero attached hydrogens (tertiary/aromatic N) is 5. The number of rotatable bonds is 11. The minimum Gasteiger partial charge on any atom is -0.390 e. The Kier molecular flexibility index (Phi) is 8.70. The summed E-state index contributed by atoms with van der Waals surface area (Å²) >= 11 is 6.57. The van der Waals surface area contributed by atoms with Gasteiger partial charge >= 0.3 is 7.82 Å². The van der Waals surface area contributed by atoms with E-state index in [4.69, 9.17) is 31.9 Å².